The van der Waals surface area contributed by atoms with Gasteiger partial charge in [0.05, 0.1) is 0 Å². The second-order valence-electron chi connectivity index (χ2n) is 3.06. The van der Waals surface area contributed by atoms with Crippen LogP contribution in [0.5, 0.6) is 5.75 Å². The van der Waals surface area contributed by atoms with Crippen molar-refractivity contribution < 1.29 is 48.4 Å². The first-order chi connectivity index (χ1) is 7.41. The standard InChI is InChI=1S/C10H11NO4S.Na.H/c1-8(2)10(12)11-16(13,14)15-9-6-4-3-5-7-9;;/h3-7H,1H2,2H3,(H,11,12);;/q;+1;-1. The van der Waals surface area contributed by atoms with Crippen LogP contribution in [0.3, 0.4) is 0 Å². The molecule has 0 bridgehead atoms. The third-order valence-corrected chi connectivity index (χ3v) is 2.40. The van der Waals surface area contributed by atoms with Gasteiger partial charge in [-0.3, -0.25) is 4.79 Å². The Morgan fingerprint density at radius 3 is 2.35 bits per heavy atom. The third-order valence-electron chi connectivity index (χ3n) is 1.55. The Hall–Kier alpha value is -0.820. The maximum atomic E-state index is 11.3. The van der Waals surface area contributed by atoms with Crippen molar-refractivity contribution in [2.75, 3.05) is 0 Å². The number of carbonyl (C=O) groups is 1. The van der Waals surface area contributed by atoms with E-state index in [0.717, 1.165) is 0 Å². The van der Waals surface area contributed by atoms with Gasteiger partial charge in [-0.25, -0.2) is 4.72 Å². The molecule has 0 spiro atoms. The van der Waals surface area contributed by atoms with E-state index in [2.05, 4.69) is 10.8 Å². The Kier molecular flexibility index (Phi) is 6.48. The maximum absolute atomic E-state index is 11.3. The molecule has 0 saturated carbocycles. The summed E-state index contributed by atoms with van der Waals surface area (Å²) in [5, 5.41) is 0. The second kappa shape index (κ2) is 6.80. The number of nitrogens with one attached hydrogen (secondary N) is 1. The number of rotatable bonds is 4. The number of para-hydroxylation sites is 1. The molecule has 0 fully saturated rings. The number of hydrogen-bond acceptors (Lipinski definition) is 4. The fourth-order valence-corrected chi connectivity index (χ4v) is 1.63. The Morgan fingerprint density at radius 1 is 1.35 bits per heavy atom. The summed E-state index contributed by atoms with van der Waals surface area (Å²) in [6.45, 7) is 4.71. The summed E-state index contributed by atoms with van der Waals surface area (Å²) in [6, 6.07) is 7.87. The van der Waals surface area contributed by atoms with Crippen LogP contribution in [0.1, 0.15) is 8.35 Å². The van der Waals surface area contributed by atoms with Crippen molar-refractivity contribution >= 4 is 16.2 Å². The van der Waals surface area contributed by atoms with E-state index < -0.39 is 16.2 Å². The second-order valence-corrected chi connectivity index (χ2v) is 4.34. The molecule has 7 heteroatoms. The molecule has 5 nitrogen and oxygen atoms in total. The van der Waals surface area contributed by atoms with Crippen LogP contribution >= 0.6 is 0 Å². The molecular weight excluding hydrogens is 253 g/mol. The van der Waals surface area contributed by atoms with Gasteiger partial charge in [0.15, 0.2) is 0 Å². The molecule has 0 heterocycles. The van der Waals surface area contributed by atoms with Crippen LogP contribution in [0.2, 0.25) is 0 Å². The molecule has 1 N–H and O–H groups in total. The van der Waals surface area contributed by atoms with Gasteiger partial charge in [0.1, 0.15) is 5.75 Å². The van der Waals surface area contributed by atoms with Crippen LogP contribution in [-0.2, 0) is 15.1 Å². The molecule has 0 aliphatic heterocycles. The predicted molar refractivity (Wildman–Crippen MR) is 60.1 cm³/mol. The van der Waals surface area contributed by atoms with Crippen molar-refractivity contribution in [2.24, 2.45) is 0 Å². The zero-order chi connectivity index (χ0) is 12.2. The molecule has 0 aliphatic carbocycles. The molecule has 88 valence electrons. The van der Waals surface area contributed by atoms with Crippen molar-refractivity contribution in [3.05, 3.63) is 42.5 Å². The van der Waals surface area contributed by atoms with Crippen LogP contribution in [-0.4, -0.2) is 14.3 Å². The molecule has 0 atom stereocenters. The molecule has 0 aromatic heterocycles. The van der Waals surface area contributed by atoms with E-state index in [4.69, 9.17) is 0 Å². The topological polar surface area (TPSA) is 72.5 Å². The zero-order valence-corrected chi connectivity index (χ0v) is 12.5. The number of benzene rings is 1. The van der Waals surface area contributed by atoms with Crippen LogP contribution in [0.15, 0.2) is 42.5 Å². The normalized spacial score (nSPS) is 9.94. The average molecular weight is 265 g/mol. The first-order valence-corrected chi connectivity index (χ1v) is 5.78. The summed E-state index contributed by atoms with van der Waals surface area (Å²) < 4.78 is 29.0. The average Bonchev–Trinajstić information content (AvgIpc) is 2.17. The SMILES string of the molecule is C=C(C)C(=O)NS(=O)(=O)Oc1ccccc1.[H-].[Na+]. The Labute approximate surface area is 124 Å². The quantitative estimate of drug-likeness (QED) is 0.511. The van der Waals surface area contributed by atoms with Crippen molar-refractivity contribution in [1.82, 2.24) is 4.72 Å². The van der Waals surface area contributed by atoms with E-state index in [9.17, 15) is 13.2 Å². The van der Waals surface area contributed by atoms with E-state index in [1.807, 2.05) is 0 Å². The van der Waals surface area contributed by atoms with E-state index in [-0.39, 0.29) is 42.3 Å². The van der Waals surface area contributed by atoms with Gasteiger partial charge in [0, 0.05) is 5.57 Å². The number of carbonyl (C=O) groups excluding carboxylic acids is 1. The van der Waals surface area contributed by atoms with Gasteiger partial charge in [0.25, 0.3) is 5.91 Å². The Bertz CT molecular complexity index is 504. The summed E-state index contributed by atoms with van der Waals surface area (Å²) in [5.41, 5.74) is 0.0836. The maximum Gasteiger partial charge on any atom is 1.00 e. The fraction of sp³-hybridized carbons (Fsp3) is 0.100. The number of hydrogen-bond donors (Lipinski definition) is 1. The van der Waals surface area contributed by atoms with E-state index in [0.29, 0.717) is 0 Å². The minimum atomic E-state index is -4.14. The molecule has 1 aromatic carbocycles. The predicted octanol–water partition coefficient (Wildman–Crippen LogP) is -1.88. The fourth-order valence-electron chi connectivity index (χ4n) is 0.824. The van der Waals surface area contributed by atoms with E-state index >= 15 is 0 Å². The van der Waals surface area contributed by atoms with E-state index in [1.165, 1.54) is 19.1 Å². The molecule has 0 radical (unpaired) electrons. The number of amides is 1. The van der Waals surface area contributed by atoms with Gasteiger partial charge < -0.3 is 5.61 Å². The van der Waals surface area contributed by atoms with E-state index in [1.54, 1.807) is 22.9 Å². The summed E-state index contributed by atoms with van der Waals surface area (Å²) in [7, 11) is -4.14. The summed E-state index contributed by atoms with van der Waals surface area (Å²) in [4.78, 5) is 11.1. The van der Waals surface area contributed by atoms with Crippen molar-refractivity contribution in [3.63, 3.8) is 0 Å². The molecule has 1 aromatic rings. The Balaban J connectivity index is 0. The van der Waals surface area contributed by atoms with Crippen LogP contribution in [0.4, 0.5) is 0 Å². The summed E-state index contributed by atoms with van der Waals surface area (Å²) in [5.74, 6) is -0.666. The van der Waals surface area contributed by atoms with Crippen molar-refractivity contribution in [2.45, 2.75) is 6.92 Å². The van der Waals surface area contributed by atoms with Gasteiger partial charge in [-0.15, -0.1) is 0 Å². The van der Waals surface area contributed by atoms with Gasteiger partial charge >= 0.3 is 39.9 Å². The largest absolute Gasteiger partial charge is 1.00 e. The minimum Gasteiger partial charge on any atom is -1.00 e. The van der Waals surface area contributed by atoms with Gasteiger partial charge in [-0.2, -0.15) is 8.42 Å². The van der Waals surface area contributed by atoms with Crippen LogP contribution < -0.4 is 38.5 Å². The Morgan fingerprint density at radius 2 is 1.88 bits per heavy atom. The minimum absolute atomic E-state index is 0. The monoisotopic (exact) mass is 265 g/mol. The molecule has 0 saturated heterocycles. The van der Waals surface area contributed by atoms with Gasteiger partial charge in [0.2, 0.25) is 0 Å². The molecule has 0 aliphatic rings. The van der Waals surface area contributed by atoms with Crippen LogP contribution in [0, 0.1) is 0 Å². The first-order valence-electron chi connectivity index (χ1n) is 4.38. The molecule has 1 amide bonds. The summed E-state index contributed by atoms with van der Waals surface area (Å²) in [6.07, 6.45) is 0. The first kappa shape index (κ1) is 16.2. The molecule has 1 rings (SSSR count). The smallest absolute Gasteiger partial charge is 1.00 e. The summed E-state index contributed by atoms with van der Waals surface area (Å²) >= 11 is 0. The van der Waals surface area contributed by atoms with Crippen molar-refractivity contribution in [3.8, 4) is 5.75 Å². The third kappa shape index (κ3) is 5.88. The molecule has 0 unspecified atom stereocenters. The van der Waals surface area contributed by atoms with Gasteiger partial charge in [-0.05, 0) is 19.1 Å². The van der Waals surface area contributed by atoms with Crippen molar-refractivity contribution in [1.29, 1.82) is 0 Å². The zero-order valence-electron chi connectivity index (χ0n) is 10.6. The van der Waals surface area contributed by atoms with Gasteiger partial charge in [-0.1, -0.05) is 24.8 Å². The van der Waals surface area contributed by atoms with Crippen LogP contribution in [0.25, 0.3) is 0 Å². The molecular formula is C10H12NNaO4S. The molecule has 17 heavy (non-hydrogen) atoms.